The summed E-state index contributed by atoms with van der Waals surface area (Å²) in [6.07, 6.45) is 52.0. The number of carbonyl (C=O) groups is 4. The summed E-state index contributed by atoms with van der Waals surface area (Å²) >= 11 is 0. The predicted molar refractivity (Wildman–Crippen MR) is 367 cm³/mol. The van der Waals surface area contributed by atoms with Crippen LogP contribution in [0.1, 0.15) is 336 Å². The summed E-state index contributed by atoms with van der Waals surface area (Å²) < 4.78 is 34.8. The van der Waals surface area contributed by atoms with E-state index in [0.29, 0.717) is 97.9 Å². The van der Waals surface area contributed by atoms with E-state index in [-0.39, 0.29) is 87.4 Å². The first-order valence-corrected chi connectivity index (χ1v) is 37.7. The molecule has 0 unspecified atom stereocenters. The van der Waals surface area contributed by atoms with Crippen molar-refractivity contribution in [2.24, 2.45) is 0 Å². The second-order valence-electron chi connectivity index (χ2n) is 25.3. The lowest BCUT2D eigenvalue weighted by Gasteiger charge is -2.22. The molecule has 17 heteroatoms. The molecule has 0 amide bonds. The van der Waals surface area contributed by atoms with E-state index in [1.165, 1.54) is 205 Å². The summed E-state index contributed by atoms with van der Waals surface area (Å²) in [5.41, 5.74) is 0. The van der Waals surface area contributed by atoms with E-state index in [9.17, 15) is 24.3 Å². The van der Waals surface area contributed by atoms with Gasteiger partial charge in [0.05, 0.1) is 65.3 Å². The van der Waals surface area contributed by atoms with Crippen molar-refractivity contribution in [3.8, 4) is 12.0 Å². The molecule has 90 heavy (non-hydrogen) atoms. The second kappa shape index (κ2) is 66.6. The maximum atomic E-state index is 12.9. The Labute approximate surface area is 550 Å². The molecular weight excluding hydrogens is 1140 g/mol. The maximum Gasteiger partial charge on any atom is 0.324 e. The third-order valence-corrected chi connectivity index (χ3v) is 16.7. The van der Waals surface area contributed by atoms with Crippen molar-refractivity contribution in [2.75, 3.05) is 97.4 Å². The highest BCUT2D eigenvalue weighted by Crippen LogP contribution is 2.18. The third kappa shape index (κ3) is 58.0. The van der Waals surface area contributed by atoms with Gasteiger partial charge < -0.3 is 48.6 Å². The lowest BCUT2D eigenvalue weighted by Crippen LogP contribution is -2.31. The lowest BCUT2D eigenvalue weighted by molar-refractivity contribution is -0.146. The topological polar surface area (TPSA) is 201 Å². The Bertz CT molecular complexity index is 1570. The van der Waals surface area contributed by atoms with E-state index in [1.54, 1.807) is 0 Å². The van der Waals surface area contributed by atoms with Gasteiger partial charge in [-0.2, -0.15) is 9.97 Å². The minimum atomic E-state index is -0.232. The molecule has 0 radical (unpaired) electrons. The highest BCUT2D eigenvalue weighted by atomic mass is 16.5. The van der Waals surface area contributed by atoms with E-state index in [4.69, 9.17) is 28.4 Å². The number of aromatic nitrogens is 3. The summed E-state index contributed by atoms with van der Waals surface area (Å²) in [7, 11) is 0. The van der Waals surface area contributed by atoms with Gasteiger partial charge in [-0.3, -0.25) is 19.2 Å². The fraction of sp³-hybridized carbons (Fsp3) is 0.904. The minimum absolute atomic E-state index is 0.0813. The number of unbranched alkanes of at least 4 members (excludes halogenated alkanes) is 37. The highest BCUT2D eigenvalue weighted by Gasteiger charge is 2.17. The fourth-order valence-electron chi connectivity index (χ4n) is 10.9. The molecule has 0 bridgehead atoms. The van der Waals surface area contributed by atoms with Crippen LogP contribution in [-0.4, -0.2) is 146 Å². The molecule has 526 valence electrons. The molecule has 1 rings (SSSR count). The van der Waals surface area contributed by atoms with Crippen LogP contribution < -0.4 is 14.8 Å². The van der Waals surface area contributed by atoms with Crippen LogP contribution in [0.4, 0.5) is 5.95 Å². The molecule has 0 saturated heterocycles. The number of nitrogens with one attached hydrogen (secondary N) is 1. The highest BCUT2D eigenvalue weighted by molar-refractivity contribution is 5.71. The van der Waals surface area contributed by atoms with Crippen molar-refractivity contribution in [1.29, 1.82) is 0 Å². The van der Waals surface area contributed by atoms with Gasteiger partial charge in [0.15, 0.2) is 0 Å². The van der Waals surface area contributed by atoms with Crippen molar-refractivity contribution in [3.05, 3.63) is 0 Å². The molecule has 0 spiro atoms. The number of anilines is 1. The average molecular weight is 1280 g/mol. The Hall–Kier alpha value is -3.83. The van der Waals surface area contributed by atoms with Gasteiger partial charge in [-0.05, 0) is 51.4 Å². The summed E-state index contributed by atoms with van der Waals surface area (Å²) in [6, 6.07) is 0.188. The lowest BCUT2D eigenvalue weighted by atomic mass is 10.1. The van der Waals surface area contributed by atoms with Gasteiger partial charge in [-0.15, -0.1) is 4.98 Å². The summed E-state index contributed by atoms with van der Waals surface area (Å²) in [5, 5.41) is 12.6. The van der Waals surface area contributed by atoms with Crippen LogP contribution >= 0.6 is 0 Å². The van der Waals surface area contributed by atoms with Gasteiger partial charge >= 0.3 is 35.9 Å². The number of rotatable bonds is 71. The summed E-state index contributed by atoms with van der Waals surface area (Å²) in [5.74, 6) is -0.639. The maximum absolute atomic E-state index is 12.9. The summed E-state index contributed by atoms with van der Waals surface area (Å²) in [4.78, 5) is 69.5. The molecule has 2 N–H and O–H groups in total. The van der Waals surface area contributed by atoms with Crippen LogP contribution in [0.3, 0.4) is 0 Å². The molecule has 0 saturated carbocycles. The van der Waals surface area contributed by atoms with E-state index >= 15 is 0 Å². The number of ether oxygens (including phenoxy) is 6. The quantitative estimate of drug-likeness (QED) is 0.0354. The second-order valence-corrected chi connectivity index (χ2v) is 25.3. The number of hydrogen-bond donors (Lipinski definition) is 2. The van der Waals surface area contributed by atoms with Crippen LogP contribution in [0.15, 0.2) is 0 Å². The minimum Gasteiger partial charge on any atom is -0.466 e. The van der Waals surface area contributed by atoms with E-state index in [1.807, 2.05) is 0 Å². The van der Waals surface area contributed by atoms with Gasteiger partial charge in [0.25, 0.3) is 0 Å². The Morgan fingerprint density at radius 1 is 0.311 bits per heavy atom. The number of carbonyl (C=O) groups excluding carboxylic acids is 4. The van der Waals surface area contributed by atoms with Crippen molar-refractivity contribution in [3.63, 3.8) is 0 Å². The zero-order chi connectivity index (χ0) is 65.1. The predicted octanol–water partition coefficient (Wildman–Crippen LogP) is 17.6. The van der Waals surface area contributed by atoms with E-state index in [0.717, 1.165) is 51.4 Å². The number of esters is 4. The number of hydrogen-bond acceptors (Lipinski definition) is 17. The van der Waals surface area contributed by atoms with Gasteiger partial charge in [0, 0.05) is 52.4 Å². The van der Waals surface area contributed by atoms with Crippen LogP contribution in [0.2, 0.25) is 0 Å². The first kappa shape index (κ1) is 84.2. The molecule has 1 aromatic heterocycles. The number of aliphatic hydroxyl groups excluding tert-OH is 1. The van der Waals surface area contributed by atoms with Crippen LogP contribution in [0.5, 0.6) is 12.0 Å². The number of nitrogens with zero attached hydrogens (tertiary/aromatic N) is 5. The molecule has 0 fully saturated rings. The van der Waals surface area contributed by atoms with Crippen molar-refractivity contribution in [1.82, 2.24) is 24.8 Å². The Morgan fingerprint density at radius 2 is 0.567 bits per heavy atom. The first-order chi connectivity index (χ1) is 44.2. The molecule has 0 aromatic carbocycles. The Kier molecular flexibility index (Phi) is 62.3. The van der Waals surface area contributed by atoms with Crippen LogP contribution in [-0.2, 0) is 38.1 Å². The van der Waals surface area contributed by atoms with Crippen molar-refractivity contribution >= 4 is 29.8 Å². The van der Waals surface area contributed by atoms with Gasteiger partial charge in [-0.25, -0.2) is 0 Å². The SMILES string of the molecule is CCCCCCCCCCCCOC(=O)CCN(CCCOc1nc(NCCCCO)nc(OCCCN(CCC(=O)OCCCCCCCCCCCC)CCC(=O)OCCCCCCCCCCCC)n1)CCC(=O)OCCCCCCCCCCCC. The third-order valence-electron chi connectivity index (χ3n) is 16.7. The first-order valence-electron chi connectivity index (χ1n) is 37.7. The Balaban J connectivity index is 2.88. The largest absolute Gasteiger partial charge is 0.466 e. The molecule has 17 nitrogen and oxygen atoms in total. The normalized spacial score (nSPS) is 11.4. The van der Waals surface area contributed by atoms with Crippen LogP contribution in [0, 0.1) is 0 Å². The van der Waals surface area contributed by atoms with Gasteiger partial charge in [0.1, 0.15) is 0 Å². The van der Waals surface area contributed by atoms with Crippen LogP contribution in [0.25, 0.3) is 0 Å². The standard InChI is InChI=1S/C73H138N6O11/c1-5-9-13-17-21-25-29-33-37-43-61-85-67(81)49-56-78(57-50-68(82)86-62-44-38-34-30-26-22-18-14-10-6-2)54-47-65-89-72-75-71(74-53-41-42-60-80)76-73(77-72)90-66-48-55-79(58-51-69(83)87-63-45-39-35-31-27-23-19-15-11-7-3)59-52-70(84)88-64-46-40-36-32-28-24-20-16-12-8-4/h80H,5-66H2,1-4H3,(H,74,75,76,77). The number of aliphatic hydroxyl groups is 1. The van der Waals surface area contributed by atoms with Crippen molar-refractivity contribution in [2.45, 2.75) is 336 Å². The van der Waals surface area contributed by atoms with Crippen molar-refractivity contribution < 1.29 is 52.7 Å². The Morgan fingerprint density at radius 3 is 0.822 bits per heavy atom. The van der Waals surface area contributed by atoms with E-state index in [2.05, 4.69) is 57.8 Å². The molecular formula is C73H138N6O11. The zero-order valence-corrected chi connectivity index (χ0v) is 58.6. The molecule has 0 aliphatic heterocycles. The smallest absolute Gasteiger partial charge is 0.324 e. The average Bonchev–Trinajstić information content (AvgIpc) is 3.55. The molecule has 1 aromatic rings. The summed E-state index contributed by atoms with van der Waals surface area (Å²) in [6.45, 7) is 14.7. The molecule has 1 heterocycles. The molecule has 0 aliphatic rings. The molecule has 0 atom stereocenters. The van der Waals surface area contributed by atoms with E-state index < -0.39 is 0 Å². The molecule has 0 aliphatic carbocycles. The zero-order valence-electron chi connectivity index (χ0n) is 58.6. The van der Waals surface area contributed by atoms with Gasteiger partial charge in [-0.1, -0.05) is 259 Å². The monoisotopic (exact) mass is 1280 g/mol. The van der Waals surface area contributed by atoms with Gasteiger partial charge in [0.2, 0.25) is 5.95 Å². The fourth-order valence-corrected chi connectivity index (χ4v) is 10.9.